The Balaban J connectivity index is 1.31. The molecule has 0 amide bonds. The van der Waals surface area contributed by atoms with Crippen LogP contribution in [0.15, 0.2) is 12.1 Å². The quantitative estimate of drug-likeness (QED) is 0.812. The van der Waals surface area contributed by atoms with Crippen molar-refractivity contribution in [2.24, 2.45) is 0 Å². The lowest BCUT2D eigenvalue weighted by atomic mass is 10.2. The number of rotatable bonds is 6. The van der Waals surface area contributed by atoms with E-state index in [1.807, 2.05) is 11.3 Å². The van der Waals surface area contributed by atoms with E-state index in [-0.39, 0.29) is 0 Å². The van der Waals surface area contributed by atoms with Gasteiger partial charge in [0, 0.05) is 42.0 Å². The van der Waals surface area contributed by atoms with E-state index in [0.717, 1.165) is 19.1 Å². The second-order valence-electron chi connectivity index (χ2n) is 6.18. The molecule has 0 radical (unpaired) electrons. The minimum atomic E-state index is 0.845. The van der Waals surface area contributed by atoms with Crippen molar-refractivity contribution in [3.05, 3.63) is 21.9 Å². The predicted octanol–water partition coefficient (Wildman–Crippen LogP) is 2.32. The van der Waals surface area contributed by atoms with Gasteiger partial charge in [-0.15, -0.1) is 11.3 Å². The summed E-state index contributed by atoms with van der Waals surface area (Å²) in [5.74, 6) is 0. The molecule has 2 aliphatic rings. The molecule has 3 rings (SSSR count). The highest BCUT2D eigenvalue weighted by Gasteiger charge is 2.28. The maximum Gasteiger partial charge on any atom is 0.0300 e. The number of aryl methyl sites for hydroxylation is 1. The Hall–Kier alpha value is -0.420. The molecule has 0 bridgehead atoms. The fourth-order valence-corrected chi connectivity index (χ4v) is 4.31. The van der Waals surface area contributed by atoms with E-state index in [4.69, 9.17) is 0 Å². The van der Waals surface area contributed by atoms with Crippen LogP contribution in [0.4, 0.5) is 0 Å². The summed E-state index contributed by atoms with van der Waals surface area (Å²) in [5, 5.41) is 3.58. The molecule has 112 valence electrons. The topological polar surface area (TPSA) is 18.5 Å². The van der Waals surface area contributed by atoms with Crippen LogP contribution in [0.3, 0.4) is 0 Å². The van der Waals surface area contributed by atoms with Crippen LogP contribution >= 0.6 is 11.3 Å². The first-order valence-corrected chi connectivity index (χ1v) is 8.85. The Labute approximate surface area is 127 Å². The molecule has 3 heterocycles. The van der Waals surface area contributed by atoms with Crippen molar-refractivity contribution in [3.63, 3.8) is 0 Å². The number of nitrogens with zero attached hydrogens (tertiary/aromatic N) is 2. The average Bonchev–Trinajstić information content (AvgIpc) is 3.16. The van der Waals surface area contributed by atoms with Crippen molar-refractivity contribution in [2.75, 3.05) is 39.3 Å². The van der Waals surface area contributed by atoms with Gasteiger partial charge < -0.3 is 10.2 Å². The molecular formula is C16H27N3S. The highest BCUT2D eigenvalue weighted by Crippen LogP contribution is 2.20. The van der Waals surface area contributed by atoms with Crippen molar-refractivity contribution >= 4 is 11.3 Å². The molecule has 0 aliphatic carbocycles. The van der Waals surface area contributed by atoms with Gasteiger partial charge in [0.15, 0.2) is 0 Å². The Bertz CT molecular complexity index is 412. The second kappa shape index (κ2) is 7.03. The van der Waals surface area contributed by atoms with E-state index >= 15 is 0 Å². The predicted molar refractivity (Wildman–Crippen MR) is 86.4 cm³/mol. The summed E-state index contributed by atoms with van der Waals surface area (Å²) in [5.41, 5.74) is 0. The van der Waals surface area contributed by atoms with Gasteiger partial charge in [0.05, 0.1) is 0 Å². The maximum atomic E-state index is 3.58. The first-order valence-electron chi connectivity index (χ1n) is 8.04. The molecule has 1 atom stereocenters. The Morgan fingerprint density at radius 2 is 2.10 bits per heavy atom. The standard InChI is InChI=1S/C16H27N3S/c1-14-4-5-16(20-14)12-17-7-11-18-10-6-15(13-18)19-8-2-3-9-19/h4-5,15,17H,2-3,6-13H2,1H3. The zero-order chi connectivity index (χ0) is 13.8. The monoisotopic (exact) mass is 293 g/mol. The van der Waals surface area contributed by atoms with Gasteiger partial charge in [-0.1, -0.05) is 0 Å². The highest BCUT2D eigenvalue weighted by atomic mass is 32.1. The molecule has 1 N–H and O–H groups in total. The van der Waals surface area contributed by atoms with Crippen LogP contribution in [-0.4, -0.2) is 55.1 Å². The van der Waals surface area contributed by atoms with Gasteiger partial charge in [0.25, 0.3) is 0 Å². The number of thiophene rings is 1. The van der Waals surface area contributed by atoms with E-state index in [9.17, 15) is 0 Å². The molecular weight excluding hydrogens is 266 g/mol. The molecule has 4 heteroatoms. The van der Waals surface area contributed by atoms with E-state index in [2.05, 4.69) is 34.2 Å². The molecule has 20 heavy (non-hydrogen) atoms. The average molecular weight is 293 g/mol. The Kier molecular flexibility index (Phi) is 5.10. The Morgan fingerprint density at radius 3 is 2.85 bits per heavy atom. The zero-order valence-electron chi connectivity index (χ0n) is 12.6. The van der Waals surface area contributed by atoms with Gasteiger partial charge in [-0.3, -0.25) is 4.90 Å². The molecule has 2 aliphatic heterocycles. The molecule has 0 saturated carbocycles. The van der Waals surface area contributed by atoms with Gasteiger partial charge in [-0.2, -0.15) is 0 Å². The summed E-state index contributed by atoms with van der Waals surface area (Å²) in [7, 11) is 0. The lowest BCUT2D eigenvalue weighted by molar-refractivity contribution is 0.232. The first kappa shape index (κ1) is 14.5. The van der Waals surface area contributed by atoms with Gasteiger partial charge in [0.1, 0.15) is 0 Å². The van der Waals surface area contributed by atoms with E-state index in [1.54, 1.807) is 0 Å². The third kappa shape index (κ3) is 3.82. The van der Waals surface area contributed by atoms with Gasteiger partial charge in [-0.05, 0) is 58.0 Å². The number of nitrogens with one attached hydrogen (secondary N) is 1. The molecule has 1 unspecified atom stereocenters. The minimum absolute atomic E-state index is 0.845. The van der Waals surface area contributed by atoms with Crippen molar-refractivity contribution < 1.29 is 0 Å². The largest absolute Gasteiger partial charge is 0.311 e. The molecule has 2 fully saturated rings. The van der Waals surface area contributed by atoms with Crippen molar-refractivity contribution in [1.29, 1.82) is 0 Å². The fraction of sp³-hybridized carbons (Fsp3) is 0.750. The van der Waals surface area contributed by atoms with Crippen molar-refractivity contribution in [1.82, 2.24) is 15.1 Å². The second-order valence-corrected chi connectivity index (χ2v) is 7.55. The van der Waals surface area contributed by atoms with E-state index in [1.165, 1.54) is 61.7 Å². The summed E-state index contributed by atoms with van der Waals surface area (Å²) in [6, 6.07) is 5.30. The lowest BCUT2D eigenvalue weighted by Crippen LogP contribution is -2.37. The van der Waals surface area contributed by atoms with E-state index in [0.29, 0.717) is 0 Å². The van der Waals surface area contributed by atoms with Gasteiger partial charge in [0.2, 0.25) is 0 Å². The number of hydrogen-bond acceptors (Lipinski definition) is 4. The van der Waals surface area contributed by atoms with Crippen LogP contribution in [-0.2, 0) is 6.54 Å². The van der Waals surface area contributed by atoms with Gasteiger partial charge in [-0.25, -0.2) is 0 Å². The van der Waals surface area contributed by atoms with Crippen LogP contribution in [0, 0.1) is 6.92 Å². The summed E-state index contributed by atoms with van der Waals surface area (Å²) >= 11 is 1.90. The molecule has 3 nitrogen and oxygen atoms in total. The normalized spacial score (nSPS) is 24.8. The fourth-order valence-electron chi connectivity index (χ4n) is 3.45. The summed E-state index contributed by atoms with van der Waals surface area (Å²) in [6.45, 7) is 10.8. The smallest absolute Gasteiger partial charge is 0.0300 e. The third-order valence-corrected chi connectivity index (χ3v) is 5.61. The molecule has 2 saturated heterocycles. The molecule has 0 aromatic carbocycles. The van der Waals surface area contributed by atoms with Crippen molar-refractivity contribution in [2.45, 2.75) is 38.8 Å². The Morgan fingerprint density at radius 1 is 1.25 bits per heavy atom. The lowest BCUT2D eigenvalue weighted by Gasteiger charge is -2.23. The summed E-state index contributed by atoms with van der Waals surface area (Å²) in [4.78, 5) is 8.21. The van der Waals surface area contributed by atoms with Crippen LogP contribution in [0.25, 0.3) is 0 Å². The minimum Gasteiger partial charge on any atom is -0.311 e. The van der Waals surface area contributed by atoms with Crippen LogP contribution in [0.1, 0.15) is 29.0 Å². The van der Waals surface area contributed by atoms with Crippen LogP contribution in [0.2, 0.25) is 0 Å². The molecule has 0 spiro atoms. The highest BCUT2D eigenvalue weighted by molar-refractivity contribution is 7.11. The third-order valence-electron chi connectivity index (χ3n) is 4.60. The number of hydrogen-bond donors (Lipinski definition) is 1. The van der Waals surface area contributed by atoms with Crippen molar-refractivity contribution in [3.8, 4) is 0 Å². The maximum absolute atomic E-state index is 3.58. The summed E-state index contributed by atoms with van der Waals surface area (Å²) < 4.78 is 0. The SMILES string of the molecule is Cc1ccc(CNCCN2CCC(N3CCCC3)C2)s1. The van der Waals surface area contributed by atoms with Gasteiger partial charge >= 0.3 is 0 Å². The van der Waals surface area contributed by atoms with Crippen LogP contribution < -0.4 is 5.32 Å². The number of likely N-dealkylation sites (tertiary alicyclic amines) is 2. The molecule has 1 aromatic rings. The first-order chi connectivity index (χ1) is 9.81. The molecule has 1 aromatic heterocycles. The summed E-state index contributed by atoms with van der Waals surface area (Å²) in [6.07, 6.45) is 4.21. The van der Waals surface area contributed by atoms with E-state index < -0.39 is 0 Å². The van der Waals surface area contributed by atoms with Crippen LogP contribution in [0.5, 0.6) is 0 Å². The zero-order valence-corrected chi connectivity index (χ0v) is 13.4.